The molecule has 5 nitrogen and oxygen atoms in total. The van der Waals surface area contributed by atoms with Gasteiger partial charge in [-0.05, 0) is 43.7 Å². The lowest BCUT2D eigenvalue weighted by atomic mass is 10.1. The van der Waals surface area contributed by atoms with Crippen LogP contribution in [0.5, 0.6) is 11.5 Å². The molecule has 1 aliphatic heterocycles. The number of hydrogen-bond donors (Lipinski definition) is 2. The van der Waals surface area contributed by atoms with Crippen molar-refractivity contribution in [3.8, 4) is 11.5 Å². The summed E-state index contributed by atoms with van der Waals surface area (Å²) in [5, 5.41) is 3.11. The zero-order valence-corrected chi connectivity index (χ0v) is 14.3. The van der Waals surface area contributed by atoms with Gasteiger partial charge < -0.3 is 20.5 Å². The van der Waals surface area contributed by atoms with Crippen LogP contribution in [0.25, 0.3) is 0 Å². The van der Waals surface area contributed by atoms with Crippen LogP contribution >= 0.6 is 0 Å². The van der Waals surface area contributed by atoms with Gasteiger partial charge in [-0.25, -0.2) is 4.99 Å². The summed E-state index contributed by atoms with van der Waals surface area (Å²) >= 11 is 0. The van der Waals surface area contributed by atoms with Crippen LogP contribution in [0.3, 0.4) is 0 Å². The molecule has 0 fully saturated rings. The highest BCUT2D eigenvalue weighted by atomic mass is 16.5. The maximum Gasteiger partial charge on any atom is 0.193 e. The lowest BCUT2D eigenvalue weighted by molar-refractivity contribution is 0.254. The second kappa shape index (κ2) is 6.83. The molecule has 0 saturated carbocycles. The van der Waals surface area contributed by atoms with Crippen molar-refractivity contribution in [3.63, 3.8) is 0 Å². The Morgan fingerprint density at radius 1 is 1.38 bits per heavy atom. The molecule has 1 unspecified atom stereocenters. The summed E-state index contributed by atoms with van der Waals surface area (Å²) in [7, 11) is 1.67. The van der Waals surface area contributed by atoms with Gasteiger partial charge in [-0.1, -0.05) is 12.1 Å². The summed E-state index contributed by atoms with van der Waals surface area (Å²) in [4.78, 5) is 4.42. The van der Waals surface area contributed by atoms with E-state index in [1.807, 2.05) is 43.3 Å². The fraction of sp³-hybridized carbons (Fsp3) is 0.316. The fourth-order valence-electron chi connectivity index (χ4n) is 2.88. The van der Waals surface area contributed by atoms with E-state index in [9.17, 15) is 0 Å². The minimum Gasteiger partial charge on any atom is -0.496 e. The predicted octanol–water partition coefficient (Wildman–Crippen LogP) is 3.25. The quantitative estimate of drug-likeness (QED) is 0.669. The third kappa shape index (κ3) is 3.62. The Labute approximate surface area is 142 Å². The predicted molar refractivity (Wildman–Crippen MR) is 96.9 cm³/mol. The first-order valence-electron chi connectivity index (χ1n) is 8.05. The molecule has 3 rings (SSSR count). The molecular weight excluding hydrogens is 302 g/mol. The molecule has 126 valence electrons. The van der Waals surface area contributed by atoms with Crippen molar-refractivity contribution >= 4 is 11.6 Å². The van der Waals surface area contributed by atoms with Gasteiger partial charge in [0.2, 0.25) is 0 Å². The molecule has 0 aromatic heterocycles. The summed E-state index contributed by atoms with van der Waals surface area (Å²) in [5.74, 6) is 2.11. The Kier molecular flexibility index (Phi) is 4.60. The van der Waals surface area contributed by atoms with E-state index in [0.29, 0.717) is 12.5 Å². The van der Waals surface area contributed by atoms with Gasteiger partial charge in [0.15, 0.2) is 5.96 Å². The van der Waals surface area contributed by atoms with Gasteiger partial charge in [-0.15, -0.1) is 0 Å². The van der Waals surface area contributed by atoms with Gasteiger partial charge >= 0.3 is 0 Å². The minimum atomic E-state index is 0.205. The Morgan fingerprint density at radius 2 is 2.21 bits per heavy atom. The van der Waals surface area contributed by atoms with Gasteiger partial charge in [0.05, 0.1) is 13.7 Å². The number of guanidine groups is 1. The van der Waals surface area contributed by atoms with Crippen LogP contribution in [-0.4, -0.2) is 19.2 Å². The second-order valence-corrected chi connectivity index (χ2v) is 6.10. The number of nitrogens with zero attached hydrogens (tertiary/aromatic N) is 1. The van der Waals surface area contributed by atoms with Gasteiger partial charge in [-0.2, -0.15) is 0 Å². The monoisotopic (exact) mass is 325 g/mol. The second-order valence-electron chi connectivity index (χ2n) is 6.10. The van der Waals surface area contributed by atoms with Gasteiger partial charge in [0.1, 0.15) is 17.6 Å². The number of anilines is 1. The van der Waals surface area contributed by atoms with Crippen molar-refractivity contribution < 1.29 is 9.47 Å². The third-order valence-corrected chi connectivity index (χ3v) is 4.01. The van der Waals surface area contributed by atoms with Crippen LogP contribution in [0.4, 0.5) is 5.69 Å². The molecule has 1 atom stereocenters. The van der Waals surface area contributed by atoms with E-state index in [1.54, 1.807) is 7.11 Å². The molecule has 0 saturated heterocycles. The average molecular weight is 325 g/mol. The summed E-state index contributed by atoms with van der Waals surface area (Å²) in [5.41, 5.74) is 10.2. The number of nitrogens with two attached hydrogens (primary N) is 1. The zero-order chi connectivity index (χ0) is 17.1. The Hall–Kier alpha value is -2.69. The van der Waals surface area contributed by atoms with Gasteiger partial charge in [0.25, 0.3) is 0 Å². The standard InChI is InChI=1S/C19H23N3O2/c1-12-5-4-6-16(7-12)22-19(20)21-11-15-10-18-14(8-13(2)24-18)9-17(15)23-3/h4-7,9-10,13H,8,11H2,1-3H3,(H3,20,21,22). The number of ether oxygens (including phenoxy) is 2. The van der Waals surface area contributed by atoms with Crippen LogP contribution in [0, 0.1) is 6.92 Å². The molecule has 3 N–H and O–H groups in total. The van der Waals surface area contributed by atoms with Crippen LogP contribution < -0.4 is 20.5 Å². The van der Waals surface area contributed by atoms with Crippen molar-refractivity contribution in [2.24, 2.45) is 10.7 Å². The number of nitrogens with one attached hydrogen (secondary N) is 1. The molecule has 24 heavy (non-hydrogen) atoms. The van der Waals surface area contributed by atoms with Crippen molar-refractivity contribution in [2.45, 2.75) is 32.9 Å². The maximum atomic E-state index is 6.00. The summed E-state index contributed by atoms with van der Waals surface area (Å²) in [6.45, 7) is 4.53. The molecule has 1 heterocycles. The molecule has 2 aromatic carbocycles. The van der Waals surface area contributed by atoms with Crippen LogP contribution in [0.2, 0.25) is 0 Å². The highest BCUT2D eigenvalue weighted by molar-refractivity contribution is 5.92. The minimum absolute atomic E-state index is 0.205. The first kappa shape index (κ1) is 16.2. The summed E-state index contributed by atoms with van der Waals surface area (Å²) < 4.78 is 11.3. The van der Waals surface area contributed by atoms with Gasteiger partial charge in [0, 0.05) is 23.2 Å². The van der Waals surface area contributed by atoms with E-state index in [1.165, 1.54) is 11.1 Å². The Bertz CT molecular complexity index is 771. The van der Waals surface area contributed by atoms with Crippen molar-refractivity contribution in [2.75, 3.05) is 12.4 Å². The van der Waals surface area contributed by atoms with E-state index < -0.39 is 0 Å². The molecule has 0 spiro atoms. The average Bonchev–Trinajstić information content (AvgIpc) is 2.90. The van der Waals surface area contributed by atoms with Crippen LogP contribution in [0.1, 0.15) is 23.6 Å². The summed E-state index contributed by atoms with van der Waals surface area (Å²) in [6, 6.07) is 12.0. The number of aryl methyl sites for hydroxylation is 1. The number of fused-ring (bicyclic) bond motifs is 1. The number of methoxy groups -OCH3 is 1. The largest absolute Gasteiger partial charge is 0.496 e. The van der Waals surface area contributed by atoms with Crippen LogP contribution in [-0.2, 0) is 13.0 Å². The number of hydrogen-bond acceptors (Lipinski definition) is 3. The van der Waals surface area contributed by atoms with E-state index in [2.05, 4.69) is 17.2 Å². The number of aliphatic imine (C=N–C) groups is 1. The Balaban J connectivity index is 1.74. The van der Waals surface area contributed by atoms with E-state index >= 15 is 0 Å². The molecule has 2 aromatic rings. The molecule has 0 bridgehead atoms. The highest BCUT2D eigenvalue weighted by Gasteiger charge is 2.21. The SMILES string of the molecule is COc1cc2c(cc1CN=C(N)Nc1cccc(C)c1)OC(C)C2. The fourth-order valence-corrected chi connectivity index (χ4v) is 2.88. The highest BCUT2D eigenvalue weighted by Crippen LogP contribution is 2.35. The molecule has 1 aliphatic rings. The first-order chi connectivity index (χ1) is 11.5. The molecule has 0 radical (unpaired) electrons. The molecule has 0 amide bonds. The lowest BCUT2D eigenvalue weighted by Gasteiger charge is -2.10. The van der Waals surface area contributed by atoms with E-state index in [0.717, 1.165) is 29.2 Å². The van der Waals surface area contributed by atoms with E-state index in [4.69, 9.17) is 15.2 Å². The number of benzene rings is 2. The van der Waals surface area contributed by atoms with Crippen LogP contribution in [0.15, 0.2) is 41.4 Å². The maximum absolute atomic E-state index is 6.00. The normalized spacial score (nSPS) is 16.5. The Morgan fingerprint density at radius 3 is 2.96 bits per heavy atom. The molecule has 5 heteroatoms. The smallest absolute Gasteiger partial charge is 0.193 e. The van der Waals surface area contributed by atoms with Crippen molar-refractivity contribution in [1.82, 2.24) is 0 Å². The van der Waals surface area contributed by atoms with Crippen molar-refractivity contribution in [1.29, 1.82) is 0 Å². The molecule has 0 aliphatic carbocycles. The first-order valence-corrected chi connectivity index (χ1v) is 8.05. The topological polar surface area (TPSA) is 68.9 Å². The summed E-state index contributed by atoms with van der Waals surface area (Å²) in [6.07, 6.45) is 1.11. The molecular formula is C19H23N3O2. The van der Waals surface area contributed by atoms with Crippen molar-refractivity contribution in [3.05, 3.63) is 53.1 Å². The lowest BCUT2D eigenvalue weighted by Crippen LogP contribution is -2.22. The zero-order valence-electron chi connectivity index (χ0n) is 14.3. The van der Waals surface area contributed by atoms with E-state index in [-0.39, 0.29) is 6.10 Å². The third-order valence-electron chi connectivity index (χ3n) is 4.01. The van der Waals surface area contributed by atoms with Gasteiger partial charge in [-0.3, -0.25) is 0 Å². The number of rotatable bonds is 4.